The SMILES string of the molecule is CCCCCCCCCOC(=O)[C@@H]1N2C(=O)[C@@H](NC(=O)COc3ccccc3)[C@H]2SC1(C)C. The standard InChI is InChI=1S/C25H36N2O5S/c1-4-5-6-7-8-9-13-16-31-24(30)21-25(2,3)33-23-20(22(29)27(21)23)26-19(28)17-32-18-14-11-10-12-15-18/h10-12,14-15,20-21,23H,4-9,13,16-17H2,1-3H3,(H,26,28)/t20-,21+,23-/m1/s1. The number of carbonyl (C=O) groups excluding carboxylic acids is 3. The first kappa shape index (κ1) is 25.4. The molecule has 33 heavy (non-hydrogen) atoms. The molecule has 0 unspecified atom stereocenters. The molecule has 3 atom stereocenters. The lowest BCUT2D eigenvalue weighted by Gasteiger charge is -2.43. The van der Waals surface area contributed by atoms with Crippen molar-refractivity contribution in [1.82, 2.24) is 10.2 Å². The van der Waals surface area contributed by atoms with Crippen LogP contribution in [0.15, 0.2) is 30.3 Å². The maximum absolute atomic E-state index is 12.8. The molecule has 2 aliphatic rings. The van der Waals surface area contributed by atoms with Gasteiger partial charge in [0.25, 0.3) is 5.91 Å². The summed E-state index contributed by atoms with van der Waals surface area (Å²) in [6.07, 6.45) is 8.04. The van der Waals surface area contributed by atoms with Gasteiger partial charge in [-0.1, -0.05) is 63.6 Å². The topological polar surface area (TPSA) is 84.9 Å². The van der Waals surface area contributed by atoms with Crippen molar-refractivity contribution >= 4 is 29.5 Å². The molecule has 8 heteroatoms. The Morgan fingerprint density at radius 2 is 1.73 bits per heavy atom. The Morgan fingerprint density at radius 3 is 2.42 bits per heavy atom. The average Bonchev–Trinajstić information content (AvgIpc) is 3.06. The first-order valence-electron chi connectivity index (χ1n) is 12.0. The molecule has 182 valence electrons. The number of hydrogen-bond acceptors (Lipinski definition) is 6. The molecule has 0 radical (unpaired) electrons. The number of benzene rings is 1. The van der Waals surface area contributed by atoms with E-state index < -0.39 is 16.8 Å². The Balaban J connectivity index is 1.43. The van der Waals surface area contributed by atoms with Gasteiger partial charge in [-0.3, -0.25) is 9.59 Å². The smallest absolute Gasteiger partial charge is 0.330 e. The third-order valence-electron chi connectivity index (χ3n) is 6.09. The molecule has 2 heterocycles. The number of rotatable bonds is 13. The van der Waals surface area contributed by atoms with Crippen molar-refractivity contribution in [3.05, 3.63) is 30.3 Å². The largest absolute Gasteiger partial charge is 0.484 e. The predicted octanol–water partition coefficient (Wildman–Crippen LogP) is 3.91. The third-order valence-corrected chi connectivity index (χ3v) is 7.66. The zero-order chi connectivity index (χ0) is 23.8. The van der Waals surface area contributed by atoms with Crippen LogP contribution in [0.2, 0.25) is 0 Å². The summed E-state index contributed by atoms with van der Waals surface area (Å²) >= 11 is 1.53. The molecule has 1 N–H and O–H groups in total. The number of unbranched alkanes of at least 4 members (excludes halogenated alkanes) is 6. The highest BCUT2D eigenvalue weighted by atomic mass is 32.2. The molecular weight excluding hydrogens is 440 g/mol. The summed E-state index contributed by atoms with van der Waals surface area (Å²) in [5, 5.41) is 2.48. The van der Waals surface area contributed by atoms with Crippen molar-refractivity contribution in [3.63, 3.8) is 0 Å². The number of ether oxygens (including phenoxy) is 2. The van der Waals surface area contributed by atoms with E-state index in [1.54, 1.807) is 17.0 Å². The molecule has 0 spiro atoms. The van der Waals surface area contributed by atoms with Crippen LogP contribution in [0.3, 0.4) is 0 Å². The summed E-state index contributed by atoms with van der Waals surface area (Å²) in [7, 11) is 0. The van der Waals surface area contributed by atoms with Gasteiger partial charge in [0.1, 0.15) is 23.2 Å². The molecule has 0 aromatic heterocycles. The van der Waals surface area contributed by atoms with E-state index in [0.717, 1.165) is 19.3 Å². The van der Waals surface area contributed by atoms with Gasteiger partial charge < -0.3 is 19.7 Å². The monoisotopic (exact) mass is 476 g/mol. The number of carbonyl (C=O) groups is 3. The molecule has 0 aliphatic carbocycles. The van der Waals surface area contributed by atoms with Crippen molar-refractivity contribution in [2.24, 2.45) is 0 Å². The molecule has 7 nitrogen and oxygen atoms in total. The second-order valence-electron chi connectivity index (χ2n) is 9.20. The summed E-state index contributed by atoms with van der Waals surface area (Å²) in [6.45, 7) is 6.30. The van der Waals surface area contributed by atoms with Crippen molar-refractivity contribution < 1.29 is 23.9 Å². The average molecular weight is 477 g/mol. The number of esters is 1. The minimum atomic E-state index is -0.651. The fraction of sp³-hybridized carbons (Fsp3) is 0.640. The van der Waals surface area contributed by atoms with Crippen molar-refractivity contribution in [1.29, 1.82) is 0 Å². The van der Waals surface area contributed by atoms with E-state index in [-0.39, 0.29) is 29.8 Å². The van der Waals surface area contributed by atoms with Gasteiger partial charge in [-0.15, -0.1) is 11.8 Å². The van der Waals surface area contributed by atoms with Crippen LogP contribution in [0, 0.1) is 0 Å². The lowest BCUT2D eigenvalue weighted by molar-refractivity contribution is -0.164. The van der Waals surface area contributed by atoms with Crippen LogP contribution < -0.4 is 10.1 Å². The molecule has 2 amide bonds. The Morgan fingerprint density at radius 1 is 1.06 bits per heavy atom. The summed E-state index contributed by atoms with van der Waals surface area (Å²) in [5.41, 5.74) is 0. The van der Waals surface area contributed by atoms with Crippen LogP contribution >= 0.6 is 11.8 Å². The third kappa shape index (κ3) is 6.43. The van der Waals surface area contributed by atoms with E-state index >= 15 is 0 Å². The number of nitrogens with one attached hydrogen (secondary N) is 1. The highest BCUT2D eigenvalue weighted by Gasteiger charge is 2.64. The molecular formula is C25H36N2O5S. The number of hydrogen-bond donors (Lipinski definition) is 1. The number of β-lactam (4-membered cyclic amide) rings is 1. The van der Waals surface area contributed by atoms with E-state index in [4.69, 9.17) is 9.47 Å². The van der Waals surface area contributed by atoms with Crippen LogP contribution in [0.5, 0.6) is 5.75 Å². The Labute approximate surface area is 200 Å². The lowest BCUT2D eigenvalue weighted by Crippen LogP contribution is -2.71. The van der Waals surface area contributed by atoms with Crippen LogP contribution in [0.4, 0.5) is 0 Å². The van der Waals surface area contributed by atoms with E-state index in [0.29, 0.717) is 12.4 Å². The van der Waals surface area contributed by atoms with E-state index in [2.05, 4.69) is 12.2 Å². The van der Waals surface area contributed by atoms with Gasteiger partial charge in [-0.05, 0) is 32.4 Å². The van der Waals surface area contributed by atoms with E-state index in [9.17, 15) is 14.4 Å². The summed E-state index contributed by atoms with van der Waals surface area (Å²) < 4.78 is 10.5. The van der Waals surface area contributed by atoms with E-state index in [1.165, 1.54) is 37.4 Å². The summed E-state index contributed by atoms with van der Waals surface area (Å²) in [5.74, 6) is -0.370. The maximum atomic E-state index is 12.8. The summed E-state index contributed by atoms with van der Waals surface area (Å²) in [6, 6.07) is 7.75. The molecule has 1 aromatic carbocycles. The van der Waals surface area contributed by atoms with Crippen molar-refractivity contribution in [2.45, 2.75) is 87.9 Å². The van der Waals surface area contributed by atoms with Gasteiger partial charge >= 0.3 is 5.97 Å². The quantitative estimate of drug-likeness (QED) is 0.264. The predicted molar refractivity (Wildman–Crippen MR) is 129 cm³/mol. The fourth-order valence-corrected chi connectivity index (χ4v) is 5.94. The number of nitrogens with zero attached hydrogens (tertiary/aromatic N) is 1. The lowest BCUT2D eigenvalue weighted by atomic mass is 9.96. The van der Waals surface area contributed by atoms with Gasteiger partial charge in [0, 0.05) is 4.75 Å². The highest BCUT2D eigenvalue weighted by molar-refractivity contribution is 8.01. The minimum absolute atomic E-state index is 0.168. The van der Waals surface area contributed by atoms with Gasteiger partial charge in [0.2, 0.25) is 5.91 Å². The Hall–Kier alpha value is -2.22. The highest BCUT2D eigenvalue weighted by Crippen LogP contribution is 2.51. The second kappa shape index (κ2) is 11.8. The van der Waals surface area contributed by atoms with Gasteiger partial charge in [0.15, 0.2) is 6.61 Å². The van der Waals surface area contributed by atoms with Crippen LogP contribution in [-0.2, 0) is 19.1 Å². The fourth-order valence-electron chi connectivity index (χ4n) is 4.32. The van der Waals surface area contributed by atoms with Crippen molar-refractivity contribution in [2.75, 3.05) is 13.2 Å². The Bertz CT molecular complexity index is 816. The maximum Gasteiger partial charge on any atom is 0.330 e. The number of para-hydroxylation sites is 1. The molecule has 2 aliphatic heterocycles. The molecule has 1 aromatic rings. The Kier molecular flexibility index (Phi) is 9.06. The van der Waals surface area contributed by atoms with Crippen LogP contribution in [0.25, 0.3) is 0 Å². The molecule has 3 rings (SSSR count). The van der Waals surface area contributed by atoms with Gasteiger partial charge in [-0.2, -0.15) is 0 Å². The normalized spacial score (nSPS) is 22.9. The van der Waals surface area contributed by atoms with Crippen LogP contribution in [0.1, 0.15) is 65.7 Å². The zero-order valence-corrected chi connectivity index (χ0v) is 20.7. The first-order chi connectivity index (χ1) is 15.8. The number of fused-ring (bicyclic) bond motifs is 1. The number of thioether (sulfide) groups is 1. The first-order valence-corrected chi connectivity index (χ1v) is 12.9. The van der Waals surface area contributed by atoms with Crippen molar-refractivity contribution in [3.8, 4) is 5.75 Å². The second-order valence-corrected chi connectivity index (χ2v) is 11.0. The van der Waals surface area contributed by atoms with Gasteiger partial charge in [-0.25, -0.2) is 4.79 Å². The van der Waals surface area contributed by atoms with E-state index in [1.807, 2.05) is 32.0 Å². The molecule has 2 saturated heterocycles. The minimum Gasteiger partial charge on any atom is -0.484 e. The molecule has 0 bridgehead atoms. The van der Waals surface area contributed by atoms with Gasteiger partial charge in [0.05, 0.1) is 6.61 Å². The molecule has 0 saturated carbocycles. The molecule has 2 fully saturated rings. The summed E-state index contributed by atoms with van der Waals surface area (Å²) in [4.78, 5) is 39.5. The van der Waals surface area contributed by atoms with Crippen LogP contribution in [-0.4, -0.2) is 58.1 Å². The number of amides is 2. The zero-order valence-electron chi connectivity index (χ0n) is 19.9.